The van der Waals surface area contributed by atoms with Crippen molar-refractivity contribution >= 4 is 21.4 Å². The van der Waals surface area contributed by atoms with E-state index in [0.29, 0.717) is 24.8 Å². The summed E-state index contributed by atoms with van der Waals surface area (Å²) < 4.78 is 24.3. The number of aromatic nitrogens is 2. The van der Waals surface area contributed by atoms with E-state index in [-0.39, 0.29) is 16.7 Å². The van der Waals surface area contributed by atoms with Crippen molar-refractivity contribution in [2.45, 2.75) is 32.2 Å². The topological polar surface area (TPSA) is 89.0 Å². The number of aromatic amines is 1. The summed E-state index contributed by atoms with van der Waals surface area (Å²) in [6, 6.07) is -0.599. The van der Waals surface area contributed by atoms with E-state index in [9.17, 15) is 18.0 Å². The minimum atomic E-state index is -3.19. The largest absolute Gasteiger partial charge is 0.329 e. The summed E-state index contributed by atoms with van der Waals surface area (Å²) >= 11 is 5.81. The van der Waals surface area contributed by atoms with Crippen molar-refractivity contribution in [1.82, 2.24) is 9.55 Å². The predicted octanol–water partition coefficient (Wildman–Crippen LogP) is 0.502. The molecule has 8 heteroatoms. The molecule has 1 unspecified atom stereocenters. The highest BCUT2D eigenvalue weighted by Gasteiger charge is 2.28. The highest BCUT2D eigenvalue weighted by Crippen LogP contribution is 2.21. The fraction of sp³-hybridized carbons (Fsp3) is 0.636. The molecule has 0 aromatic carbocycles. The zero-order chi connectivity index (χ0) is 14.2. The first kappa shape index (κ1) is 14.3. The normalized spacial score (nSPS) is 22.3. The summed E-state index contributed by atoms with van der Waals surface area (Å²) in [7, 11) is -3.19. The Morgan fingerprint density at radius 1 is 1.42 bits per heavy atom. The maximum atomic E-state index is 12.2. The number of sulfone groups is 1. The van der Waals surface area contributed by atoms with Crippen LogP contribution in [0.2, 0.25) is 5.15 Å². The highest BCUT2D eigenvalue weighted by molar-refractivity contribution is 7.91. The third-order valence-electron chi connectivity index (χ3n) is 3.34. The highest BCUT2D eigenvalue weighted by atomic mass is 35.5. The third-order valence-corrected chi connectivity index (χ3v) is 5.46. The van der Waals surface area contributed by atoms with Crippen LogP contribution in [0, 0.1) is 0 Å². The molecular weight excluding hydrogens is 292 g/mol. The van der Waals surface area contributed by atoms with E-state index in [0.717, 1.165) is 4.57 Å². The standard InChI is InChI=1S/C11H15ClN2O4S/c1-2-8-9(12)13-11(16)14(10(8)15)7-4-3-5-19(17,18)6-7/h7H,2-6H2,1H3,(H,13,16). The fourth-order valence-corrected chi connectivity index (χ4v) is 4.37. The number of halogens is 1. The number of hydrogen-bond acceptors (Lipinski definition) is 4. The fourth-order valence-electron chi connectivity index (χ4n) is 2.40. The van der Waals surface area contributed by atoms with Crippen LogP contribution in [0.5, 0.6) is 0 Å². The molecule has 2 rings (SSSR count). The van der Waals surface area contributed by atoms with Crippen LogP contribution in [0.1, 0.15) is 31.4 Å². The molecular formula is C11H15ClN2O4S. The molecule has 1 aromatic heterocycles. The van der Waals surface area contributed by atoms with Crippen molar-refractivity contribution in [2.75, 3.05) is 11.5 Å². The molecule has 2 heterocycles. The first-order chi connectivity index (χ1) is 8.85. The second-order valence-corrected chi connectivity index (χ2v) is 7.27. The van der Waals surface area contributed by atoms with Crippen molar-refractivity contribution in [3.63, 3.8) is 0 Å². The van der Waals surface area contributed by atoms with E-state index >= 15 is 0 Å². The Morgan fingerprint density at radius 2 is 2.11 bits per heavy atom. The van der Waals surface area contributed by atoms with Crippen LogP contribution >= 0.6 is 11.6 Å². The van der Waals surface area contributed by atoms with Gasteiger partial charge < -0.3 is 0 Å². The monoisotopic (exact) mass is 306 g/mol. The first-order valence-corrected chi connectivity index (χ1v) is 8.29. The lowest BCUT2D eigenvalue weighted by Crippen LogP contribution is -2.43. The van der Waals surface area contributed by atoms with Crippen LogP contribution in [0.15, 0.2) is 9.59 Å². The van der Waals surface area contributed by atoms with Crippen LogP contribution in [0.25, 0.3) is 0 Å². The Labute approximate surface area is 115 Å². The third kappa shape index (κ3) is 2.76. The lowest BCUT2D eigenvalue weighted by atomic mass is 10.1. The molecule has 1 fully saturated rings. The Balaban J connectivity index is 2.57. The molecule has 0 radical (unpaired) electrons. The summed E-state index contributed by atoms with van der Waals surface area (Å²) in [5.41, 5.74) is -0.822. The summed E-state index contributed by atoms with van der Waals surface area (Å²) in [5, 5.41) is 0.0346. The Kier molecular flexibility index (Phi) is 3.87. The van der Waals surface area contributed by atoms with Crippen LogP contribution < -0.4 is 11.2 Å². The number of hydrogen-bond donors (Lipinski definition) is 1. The van der Waals surface area contributed by atoms with Crippen molar-refractivity contribution in [3.8, 4) is 0 Å². The molecule has 0 saturated carbocycles. The zero-order valence-electron chi connectivity index (χ0n) is 10.5. The molecule has 1 saturated heterocycles. The van der Waals surface area contributed by atoms with Gasteiger partial charge in [0.05, 0.1) is 23.1 Å². The van der Waals surface area contributed by atoms with E-state index < -0.39 is 27.1 Å². The number of rotatable bonds is 2. The molecule has 1 aliphatic heterocycles. The minimum absolute atomic E-state index is 0.0346. The van der Waals surface area contributed by atoms with Crippen molar-refractivity contribution < 1.29 is 8.42 Å². The Morgan fingerprint density at radius 3 is 2.68 bits per heavy atom. The molecule has 0 aliphatic carbocycles. The smallest absolute Gasteiger partial charge is 0.297 e. The number of nitrogens with zero attached hydrogens (tertiary/aromatic N) is 1. The van der Waals surface area contributed by atoms with Gasteiger partial charge >= 0.3 is 5.69 Å². The van der Waals surface area contributed by atoms with Crippen LogP contribution in [-0.4, -0.2) is 29.5 Å². The van der Waals surface area contributed by atoms with Gasteiger partial charge in [-0.2, -0.15) is 0 Å². The molecule has 0 spiro atoms. The Hall–Kier alpha value is -1.08. The maximum absolute atomic E-state index is 12.2. The van der Waals surface area contributed by atoms with Gasteiger partial charge in [-0.1, -0.05) is 18.5 Å². The summed E-state index contributed by atoms with van der Waals surface area (Å²) in [6.07, 6.45) is 1.35. The van der Waals surface area contributed by atoms with E-state index in [1.54, 1.807) is 6.92 Å². The lowest BCUT2D eigenvalue weighted by molar-refractivity contribution is 0.442. The SMILES string of the molecule is CCc1c(Cl)[nH]c(=O)n(C2CCCS(=O)(=O)C2)c1=O. The lowest BCUT2D eigenvalue weighted by Gasteiger charge is -2.23. The maximum Gasteiger partial charge on any atom is 0.329 e. The van der Waals surface area contributed by atoms with Gasteiger partial charge in [-0.05, 0) is 19.3 Å². The van der Waals surface area contributed by atoms with E-state index in [4.69, 9.17) is 11.6 Å². The zero-order valence-corrected chi connectivity index (χ0v) is 12.1. The molecule has 106 valence electrons. The van der Waals surface area contributed by atoms with Gasteiger partial charge in [0.15, 0.2) is 9.84 Å². The van der Waals surface area contributed by atoms with Crippen LogP contribution in [0.4, 0.5) is 0 Å². The predicted molar refractivity (Wildman–Crippen MR) is 72.6 cm³/mol. The van der Waals surface area contributed by atoms with Gasteiger partial charge in [-0.15, -0.1) is 0 Å². The van der Waals surface area contributed by atoms with Gasteiger partial charge in [0, 0.05) is 0 Å². The van der Waals surface area contributed by atoms with Crippen LogP contribution in [-0.2, 0) is 16.3 Å². The van der Waals surface area contributed by atoms with Crippen molar-refractivity contribution in [3.05, 3.63) is 31.6 Å². The molecule has 1 aromatic rings. The molecule has 19 heavy (non-hydrogen) atoms. The van der Waals surface area contributed by atoms with E-state index in [2.05, 4.69) is 4.98 Å². The van der Waals surface area contributed by atoms with Crippen molar-refractivity contribution in [1.29, 1.82) is 0 Å². The number of H-pyrrole nitrogens is 1. The molecule has 0 bridgehead atoms. The average Bonchev–Trinajstić information content (AvgIpc) is 2.27. The average molecular weight is 307 g/mol. The van der Waals surface area contributed by atoms with Gasteiger partial charge in [0.1, 0.15) is 5.15 Å². The summed E-state index contributed by atoms with van der Waals surface area (Å²) in [6.45, 7) is 1.75. The van der Waals surface area contributed by atoms with Gasteiger partial charge in [-0.3, -0.25) is 14.3 Å². The van der Waals surface area contributed by atoms with Crippen LogP contribution in [0.3, 0.4) is 0 Å². The van der Waals surface area contributed by atoms with E-state index in [1.165, 1.54) is 0 Å². The minimum Gasteiger partial charge on any atom is -0.297 e. The Bertz CT molecular complexity index is 704. The quantitative estimate of drug-likeness (QED) is 0.806. The molecule has 1 atom stereocenters. The molecule has 1 aliphatic rings. The van der Waals surface area contributed by atoms with Crippen molar-refractivity contribution in [2.24, 2.45) is 0 Å². The van der Waals surface area contributed by atoms with Gasteiger partial charge in [0.2, 0.25) is 0 Å². The van der Waals surface area contributed by atoms with E-state index in [1.807, 2.05) is 0 Å². The summed E-state index contributed by atoms with van der Waals surface area (Å²) in [4.78, 5) is 26.5. The summed E-state index contributed by atoms with van der Waals surface area (Å²) in [5.74, 6) is -0.0504. The molecule has 0 amide bonds. The molecule has 1 N–H and O–H groups in total. The van der Waals surface area contributed by atoms with Gasteiger partial charge in [0.25, 0.3) is 5.56 Å². The first-order valence-electron chi connectivity index (χ1n) is 6.09. The molecule has 6 nitrogen and oxygen atoms in total. The second kappa shape index (κ2) is 5.13. The van der Waals surface area contributed by atoms with Gasteiger partial charge in [-0.25, -0.2) is 13.2 Å². The second-order valence-electron chi connectivity index (χ2n) is 4.66. The number of nitrogens with one attached hydrogen (secondary N) is 1.